The second-order valence-electron chi connectivity index (χ2n) is 5.31. The number of nitrogen functional groups attached to an aromatic ring is 1. The Kier molecular flexibility index (Phi) is 9.66. The van der Waals surface area contributed by atoms with Gasteiger partial charge in [0, 0.05) is 6.61 Å². The summed E-state index contributed by atoms with van der Waals surface area (Å²) in [5.74, 6) is -0.629. The molecular formula is C14H28N5O5P. The van der Waals surface area contributed by atoms with E-state index in [2.05, 4.69) is 10.3 Å². The van der Waals surface area contributed by atoms with Gasteiger partial charge in [-0.25, -0.2) is 4.68 Å². The molecule has 10 nitrogen and oxygen atoms in total. The fraction of sp³-hybridized carbons (Fsp3) is 0.786. The summed E-state index contributed by atoms with van der Waals surface area (Å²) in [5, 5.41) is 7.29. The molecule has 0 fully saturated rings. The molecular weight excluding hydrogens is 349 g/mol. The van der Waals surface area contributed by atoms with Gasteiger partial charge in [-0.15, -0.1) is 5.10 Å². The van der Waals surface area contributed by atoms with Gasteiger partial charge in [-0.2, -0.15) is 0 Å². The number of primary amides is 1. The highest BCUT2D eigenvalue weighted by Crippen LogP contribution is 2.48. The van der Waals surface area contributed by atoms with Gasteiger partial charge in [0.05, 0.1) is 19.4 Å². The molecule has 0 aliphatic heterocycles. The van der Waals surface area contributed by atoms with E-state index < -0.39 is 13.5 Å². The van der Waals surface area contributed by atoms with Gasteiger partial charge in [0.15, 0.2) is 11.5 Å². The van der Waals surface area contributed by atoms with Crippen molar-refractivity contribution < 1.29 is 23.1 Å². The third-order valence-corrected chi connectivity index (χ3v) is 5.51. The van der Waals surface area contributed by atoms with Crippen LogP contribution in [0.1, 0.15) is 50.0 Å². The Balaban J connectivity index is 2.14. The average Bonchev–Trinajstić information content (AvgIpc) is 2.91. The Hall–Kier alpha value is -1.48. The molecule has 1 heterocycles. The van der Waals surface area contributed by atoms with Crippen molar-refractivity contribution in [3.8, 4) is 0 Å². The Bertz CT molecular complexity index is 570. The average molecular weight is 377 g/mol. The van der Waals surface area contributed by atoms with Gasteiger partial charge in [-0.05, 0) is 26.7 Å². The number of nitrogens with zero attached hydrogens (tertiary/aromatic N) is 3. The Labute approximate surface area is 147 Å². The highest BCUT2D eigenvalue weighted by Gasteiger charge is 2.22. The van der Waals surface area contributed by atoms with E-state index in [1.54, 1.807) is 13.8 Å². The molecule has 0 radical (unpaired) electrons. The molecule has 144 valence electrons. The van der Waals surface area contributed by atoms with Crippen LogP contribution in [-0.2, 0) is 25.1 Å². The van der Waals surface area contributed by atoms with E-state index in [1.165, 1.54) is 4.68 Å². The lowest BCUT2D eigenvalue weighted by Gasteiger charge is -2.16. The van der Waals surface area contributed by atoms with Crippen LogP contribution >= 0.6 is 7.60 Å². The lowest BCUT2D eigenvalue weighted by Crippen LogP contribution is -2.15. The monoisotopic (exact) mass is 377 g/mol. The fourth-order valence-electron chi connectivity index (χ4n) is 2.17. The predicted molar refractivity (Wildman–Crippen MR) is 93.1 cm³/mol. The first kappa shape index (κ1) is 21.6. The highest BCUT2D eigenvalue weighted by molar-refractivity contribution is 7.53. The zero-order valence-electron chi connectivity index (χ0n) is 14.8. The van der Waals surface area contributed by atoms with E-state index >= 15 is 0 Å². The predicted octanol–water partition coefficient (Wildman–Crippen LogP) is 1.76. The SMILES string of the molecule is CCOP(=O)(CCCCCCOCn1nnc(C(N)=O)c1N)OCC. The lowest BCUT2D eigenvalue weighted by atomic mass is 10.2. The number of amides is 1. The summed E-state index contributed by atoms with van der Waals surface area (Å²) in [6.45, 7) is 4.99. The van der Waals surface area contributed by atoms with Crippen molar-refractivity contribution in [3.05, 3.63) is 5.69 Å². The zero-order chi connectivity index (χ0) is 18.7. The first-order valence-corrected chi connectivity index (χ1v) is 10.1. The largest absolute Gasteiger partial charge is 0.382 e. The van der Waals surface area contributed by atoms with Crippen LogP contribution in [0.2, 0.25) is 0 Å². The van der Waals surface area contributed by atoms with E-state index in [0.717, 1.165) is 25.7 Å². The van der Waals surface area contributed by atoms with Crippen LogP contribution in [0.3, 0.4) is 0 Å². The van der Waals surface area contributed by atoms with E-state index in [1.807, 2.05) is 0 Å². The van der Waals surface area contributed by atoms with Gasteiger partial charge < -0.3 is 25.3 Å². The van der Waals surface area contributed by atoms with Crippen molar-refractivity contribution in [3.63, 3.8) is 0 Å². The quantitative estimate of drug-likeness (QED) is 0.368. The Morgan fingerprint density at radius 3 is 2.36 bits per heavy atom. The third kappa shape index (κ3) is 7.52. The van der Waals surface area contributed by atoms with Gasteiger partial charge in [-0.1, -0.05) is 18.1 Å². The molecule has 0 saturated carbocycles. The van der Waals surface area contributed by atoms with Gasteiger partial charge in [0.2, 0.25) is 0 Å². The number of rotatable bonds is 14. The van der Waals surface area contributed by atoms with Crippen LogP contribution in [0.25, 0.3) is 0 Å². The number of aromatic nitrogens is 3. The number of hydrogen-bond donors (Lipinski definition) is 2. The number of unbranched alkanes of at least 4 members (excludes halogenated alkanes) is 3. The molecule has 25 heavy (non-hydrogen) atoms. The molecule has 1 rings (SSSR count). The van der Waals surface area contributed by atoms with Gasteiger partial charge in [0.1, 0.15) is 6.73 Å². The molecule has 1 amide bonds. The van der Waals surface area contributed by atoms with Crippen LogP contribution in [0.15, 0.2) is 0 Å². The number of carbonyl (C=O) groups is 1. The van der Waals surface area contributed by atoms with Crippen LogP contribution in [0.5, 0.6) is 0 Å². The number of nitrogens with two attached hydrogens (primary N) is 2. The van der Waals surface area contributed by atoms with Crippen LogP contribution < -0.4 is 11.5 Å². The van der Waals surface area contributed by atoms with Gasteiger partial charge in [0.25, 0.3) is 5.91 Å². The molecule has 0 atom stereocenters. The number of hydrogen-bond acceptors (Lipinski definition) is 8. The minimum Gasteiger partial charge on any atom is -0.382 e. The van der Waals surface area contributed by atoms with Crippen molar-refractivity contribution in [1.82, 2.24) is 15.0 Å². The first-order chi connectivity index (χ1) is 11.9. The topological polar surface area (TPSA) is 145 Å². The maximum absolute atomic E-state index is 12.3. The molecule has 4 N–H and O–H groups in total. The van der Waals surface area contributed by atoms with Gasteiger partial charge >= 0.3 is 7.60 Å². The number of carbonyl (C=O) groups excluding carboxylic acids is 1. The summed E-state index contributed by atoms with van der Waals surface area (Å²) in [4.78, 5) is 11.0. The summed E-state index contributed by atoms with van der Waals surface area (Å²) in [5.41, 5.74) is 10.7. The van der Waals surface area contributed by atoms with Crippen molar-refractivity contribution >= 4 is 19.3 Å². The summed E-state index contributed by atoms with van der Waals surface area (Å²) in [7, 11) is -2.93. The smallest absolute Gasteiger partial charge is 0.330 e. The minimum atomic E-state index is -2.93. The summed E-state index contributed by atoms with van der Waals surface area (Å²) in [6.07, 6.45) is 3.88. The molecule has 0 unspecified atom stereocenters. The summed E-state index contributed by atoms with van der Waals surface area (Å²) >= 11 is 0. The van der Waals surface area contributed by atoms with Crippen LogP contribution in [0.4, 0.5) is 5.82 Å². The van der Waals surface area contributed by atoms with Crippen LogP contribution in [-0.4, -0.2) is 46.9 Å². The molecule has 0 aliphatic rings. The van der Waals surface area contributed by atoms with Crippen LogP contribution in [0, 0.1) is 0 Å². The maximum Gasteiger partial charge on any atom is 0.330 e. The first-order valence-electron chi connectivity index (χ1n) is 8.38. The molecule has 0 aromatic carbocycles. The van der Waals surface area contributed by atoms with E-state index in [-0.39, 0.29) is 18.2 Å². The second kappa shape index (κ2) is 11.2. The van der Waals surface area contributed by atoms with E-state index in [0.29, 0.717) is 26.0 Å². The van der Waals surface area contributed by atoms with Crippen molar-refractivity contribution in [2.24, 2.45) is 5.73 Å². The molecule has 0 bridgehead atoms. The standard InChI is InChI=1S/C14H28N5O5P/c1-3-23-25(21,24-4-2)10-8-6-5-7-9-22-11-19-13(15)12(14(16)20)17-18-19/h3-11,15H2,1-2H3,(H2,16,20). The maximum atomic E-state index is 12.3. The molecule has 0 spiro atoms. The molecule has 1 aromatic rings. The number of ether oxygens (including phenoxy) is 1. The van der Waals surface area contributed by atoms with Crippen molar-refractivity contribution in [2.45, 2.75) is 46.3 Å². The molecule has 0 aliphatic carbocycles. The summed E-state index contributed by atoms with van der Waals surface area (Å²) in [6, 6.07) is 0. The minimum absolute atomic E-state index is 0.0587. The van der Waals surface area contributed by atoms with Crippen molar-refractivity contribution in [2.75, 3.05) is 31.7 Å². The van der Waals surface area contributed by atoms with E-state index in [9.17, 15) is 9.36 Å². The lowest BCUT2D eigenvalue weighted by molar-refractivity contribution is 0.0662. The Morgan fingerprint density at radius 1 is 1.16 bits per heavy atom. The second-order valence-corrected chi connectivity index (χ2v) is 7.49. The molecule has 0 saturated heterocycles. The fourth-order valence-corrected chi connectivity index (χ4v) is 3.90. The van der Waals surface area contributed by atoms with E-state index in [4.69, 9.17) is 25.3 Å². The highest BCUT2D eigenvalue weighted by atomic mass is 31.2. The Morgan fingerprint density at radius 2 is 1.80 bits per heavy atom. The zero-order valence-corrected chi connectivity index (χ0v) is 15.7. The van der Waals surface area contributed by atoms with Crippen molar-refractivity contribution in [1.29, 1.82) is 0 Å². The number of anilines is 1. The molecule has 11 heteroatoms. The summed E-state index contributed by atoms with van der Waals surface area (Å²) < 4.78 is 29.5. The van der Waals surface area contributed by atoms with Gasteiger partial charge in [-0.3, -0.25) is 9.36 Å². The normalized spacial score (nSPS) is 11.8. The molecule has 1 aromatic heterocycles. The third-order valence-electron chi connectivity index (χ3n) is 3.34.